The number of halogens is 1. The molecular weight excluding hydrogens is 373 g/mol. The number of nitrogens with one attached hydrogen (secondary N) is 1. The van der Waals surface area contributed by atoms with E-state index in [0.29, 0.717) is 19.3 Å². The Labute approximate surface area is 150 Å². The molecule has 4 rings (SSSR count). The van der Waals surface area contributed by atoms with Gasteiger partial charge in [0.2, 0.25) is 5.91 Å². The summed E-state index contributed by atoms with van der Waals surface area (Å²) in [5.74, 6) is -0.255. The van der Waals surface area contributed by atoms with Crippen LogP contribution >= 0.6 is 11.9 Å². The van der Waals surface area contributed by atoms with E-state index in [4.69, 9.17) is 9.29 Å². The smallest absolute Gasteiger partial charge is 0.312 e. The number of amides is 1. The van der Waals surface area contributed by atoms with Crippen molar-refractivity contribution in [3.8, 4) is 0 Å². The van der Waals surface area contributed by atoms with Crippen LogP contribution in [-0.4, -0.2) is 43.2 Å². The van der Waals surface area contributed by atoms with Crippen molar-refractivity contribution in [1.82, 2.24) is 4.72 Å². The van der Waals surface area contributed by atoms with E-state index in [2.05, 4.69) is 4.72 Å². The van der Waals surface area contributed by atoms with Gasteiger partial charge in [-0.1, -0.05) is 11.9 Å². The fourth-order valence-electron chi connectivity index (χ4n) is 5.35. The summed E-state index contributed by atoms with van der Waals surface area (Å²) in [7, 11) is -4.90. The lowest BCUT2D eigenvalue weighted by Gasteiger charge is -2.59. The van der Waals surface area contributed by atoms with Gasteiger partial charge in [-0.3, -0.25) is 18.9 Å². The van der Waals surface area contributed by atoms with Gasteiger partial charge in [0.25, 0.3) is 5.50 Å². The van der Waals surface area contributed by atoms with Crippen molar-refractivity contribution >= 4 is 33.9 Å². The van der Waals surface area contributed by atoms with Gasteiger partial charge in [-0.25, -0.2) is 4.39 Å². The van der Waals surface area contributed by atoms with Crippen LogP contribution < -0.4 is 4.72 Å². The van der Waals surface area contributed by atoms with Gasteiger partial charge < -0.3 is 4.74 Å². The lowest BCUT2D eigenvalue weighted by Crippen LogP contribution is -2.59. The van der Waals surface area contributed by atoms with Crippen LogP contribution in [0.3, 0.4) is 0 Å². The van der Waals surface area contributed by atoms with Gasteiger partial charge >= 0.3 is 16.1 Å². The molecule has 142 valence electrons. The molecule has 4 saturated carbocycles. The normalized spacial score (nSPS) is 37.6. The predicted molar refractivity (Wildman–Crippen MR) is 88.6 cm³/mol. The molecule has 0 spiro atoms. The van der Waals surface area contributed by atoms with Crippen LogP contribution in [0.2, 0.25) is 0 Å². The van der Waals surface area contributed by atoms with Crippen molar-refractivity contribution in [3.63, 3.8) is 0 Å². The third kappa shape index (κ3) is 3.40. The van der Waals surface area contributed by atoms with E-state index in [1.807, 2.05) is 0 Å². The zero-order chi connectivity index (χ0) is 18.5. The number of alkyl halides is 1. The van der Waals surface area contributed by atoms with Crippen LogP contribution in [0.1, 0.15) is 38.5 Å². The number of esters is 1. The molecule has 1 amide bonds. The van der Waals surface area contributed by atoms with E-state index in [1.165, 1.54) is 11.9 Å². The molecule has 0 aromatic carbocycles. The van der Waals surface area contributed by atoms with Crippen molar-refractivity contribution in [3.05, 3.63) is 0 Å². The molecule has 4 bridgehead atoms. The average Bonchev–Trinajstić information content (AvgIpc) is 2.50. The first-order chi connectivity index (χ1) is 11.6. The van der Waals surface area contributed by atoms with Crippen LogP contribution in [0.15, 0.2) is 0 Å². The van der Waals surface area contributed by atoms with Gasteiger partial charge in [0.1, 0.15) is 6.61 Å². The Morgan fingerprint density at radius 2 is 1.84 bits per heavy atom. The van der Waals surface area contributed by atoms with Gasteiger partial charge in [0.15, 0.2) is 0 Å². The van der Waals surface area contributed by atoms with Crippen LogP contribution in [-0.2, 0) is 24.4 Å². The van der Waals surface area contributed by atoms with E-state index < -0.39 is 39.0 Å². The number of ether oxygens (including phenoxy) is 1. The second-order valence-electron chi connectivity index (χ2n) is 7.68. The fourth-order valence-corrected chi connectivity index (χ4v) is 5.99. The third-order valence-electron chi connectivity index (χ3n) is 5.84. The number of rotatable bonds is 6. The Morgan fingerprint density at radius 1 is 1.28 bits per heavy atom. The van der Waals surface area contributed by atoms with E-state index >= 15 is 0 Å². The Hall–Kier alpha value is -0.870. The van der Waals surface area contributed by atoms with Crippen LogP contribution in [0.25, 0.3) is 0 Å². The first kappa shape index (κ1) is 18.9. The second-order valence-corrected chi connectivity index (χ2v) is 9.83. The highest BCUT2D eigenvalue weighted by atomic mass is 32.2. The molecule has 3 atom stereocenters. The van der Waals surface area contributed by atoms with Crippen molar-refractivity contribution in [1.29, 1.82) is 0 Å². The van der Waals surface area contributed by atoms with Crippen molar-refractivity contribution in [2.24, 2.45) is 22.7 Å². The molecule has 0 aromatic heterocycles. The Bertz CT molecular complexity index is 668. The largest absolute Gasteiger partial charge is 0.461 e. The minimum absolute atomic E-state index is 0.0763. The molecule has 0 heterocycles. The zero-order valence-corrected chi connectivity index (χ0v) is 15.5. The molecule has 4 fully saturated rings. The van der Waals surface area contributed by atoms with Gasteiger partial charge in [-0.2, -0.15) is 8.42 Å². The molecule has 0 aromatic rings. The molecule has 7 nitrogen and oxygen atoms in total. The Kier molecular flexibility index (Phi) is 4.83. The van der Waals surface area contributed by atoms with Crippen LogP contribution in [0.5, 0.6) is 0 Å². The summed E-state index contributed by atoms with van der Waals surface area (Å²) in [6, 6.07) is 0. The first-order valence-corrected chi connectivity index (χ1v) is 10.9. The monoisotopic (exact) mass is 395 g/mol. The summed E-state index contributed by atoms with van der Waals surface area (Å²) in [6.45, 7) is -1.03. The highest BCUT2D eigenvalue weighted by molar-refractivity contribution is 7.97. The van der Waals surface area contributed by atoms with Crippen LogP contribution in [0, 0.1) is 22.7 Å². The minimum atomic E-state index is -4.90. The maximum atomic E-state index is 13.4. The molecule has 4 aliphatic rings. The van der Waals surface area contributed by atoms with E-state index in [0.717, 1.165) is 19.3 Å². The second kappa shape index (κ2) is 6.38. The van der Waals surface area contributed by atoms with Crippen molar-refractivity contribution in [2.75, 3.05) is 12.9 Å². The predicted octanol–water partition coefficient (Wildman–Crippen LogP) is 1.69. The van der Waals surface area contributed by atoms with Crippen LogP contribution in [0.4, 0.5) is 4.39 Å². The number of hydrogen-bond acceptors (Lipinski definition) is 6. The summed E-state index contributed by atoms with van der Waals surface area (Å²) in [5, 5.41) is 0. The van der Waals surface area contributed by atoms with Crippen molar-refractivity contribution < 1.29 is 31.7 Å². The van der Waals surface area contributed by atoms with E-state index in [1.54, 1.807) is 6.26 Å². The Morgan fingerprint density at radius 3 is 2.36 bits per heavy atom. The lowest BCUT2D eigenvalue weighted by molar-refractivity contribution is -0.184. The SMILES string of the molecule is CSNC(=O)C12CC3CC(C1)CC(C(=O)OCC(F)S(=O)(=O)O)(C3)C2. The van der Waals surface area contributed by atoms with Gasteiger partial charge in [-0.05, 0) is 50.4 Å². The number of hydrogen-bond donors (Lipinski definition) is 2. The number of carbonyl (C=O) groups is 2. The molecule has 0 saturated heterocycles. The van der Waals surface area contributed by atoms with E-state index in [9.17, 15) is 22.4 Å². The molecule has 2 N–H and O–H groups in total. The maximum absolute atomic E-state index is 13.4. The molecule has 3 unspecified atom stereocenters. The minimum Gasteiger partial charge on any atom is -0.461 e. The molecule has 4 aliphatic carbocycles. The standard InChI is InChI=1S/C15H22FNO6S2/c1-24-17-12(18)14-3-9-2-10(4-14)6-15(5-9,8-14)13(19)23-7-11(16)25(20,21)22/h9-11H,2-8H2,1H3,(H,17,18)(H,20,21,22). The summed E-state index contributed by atoms with van der Waals surface area (Å²) in [6.07, 6.45) is 5.72. The zero-order valence-electron chi connectivity index (χ0n) is 13.9. The highest BCUT2D eigenvalue weighted by Gasteiger charge is 2.63. The highest BCUT2D eigenvalue weighted by Crippen LogP contribution is 2.65. The number of carbonyl (C=O) groups excluding carboxylic acids is 2. The summed E-state index contributed by atoms with van der Waals surface area (Å²) in [5.41, 5.74) is -4.12. The first-order valence-electron chi connectivity index (χ1n) is 8.21. The molecule has 10 heteroatoms. The van der Waals surface area contributed by atoms with Crippen molar-refractivity contribution in [2.45, 2.75) is 44.0 Å². The van der Waals surface area contributed by atoms with E-state index in [-0.39, 0.29) is 17.7 Å². The molecule has 25 heavy (non-hydrogen) atoms. The molecule has 0 aliphatic heterocycles. The van der Waals surface area contributed by atoms with Gasteiger partial charge in [0, 0.05) is 6.26 Å². The molecular formula is C15H22FNO6S2. The molecule has 0 radical (unpaired) electrons. The summed E-state index contributed by atoms with van der Waals surface area (Å²) < 4.78 is 51.2. The lowest BCUT2D eigenvalue weighted by atomic mass is 9.44. The summed E-state index contributed by atoms with van der Waals surface area (Å²) >= 11 is 1.22. The summed E-state index contributed by atoms with van der Waals surface area (Å²) in [4.78, 5) is 25.3. The fraction of sp³-hybridized carbons (Fsp3) is 0.867. The topological polar surface area (TPSA) is 110 Å². The Balaban J connectivity index is 1.77. The van der Waals surface area contributed by atoms with Gasteiger partial charge in [-0.15, -0.1) is 0 Å². The third-order valence-corrected chi connectivity index (χ3v) is 7.01. The maximum Gasteiger partial charge on any atom is 0.312 e. The van der Waals surface area contributed by atoms with Gasteiger partial charge in [0.05, 0.1) is 10.8 Å². The quantitative estimate of drug-likeness (QED) is 0.400. The average molecular weight is 395 g/mol.